The number of nitrogens with two attached hydrogens (primary N) is 1. The number of nitrogens with zero attached hydrogens (tertiary/aromatic N) is 1. The Morgan fingerprint density at radius 3 is 3.06 bits per heavy atom. The van der Waals surface area contributed by atoms with Crippen molar-refractivity contribution in [2.75, 3.05) is 5.32 Å². The average molecular weight is 263 g/mol. The van der Waals surface area contributed by atoms with Gasteiger partial charge in [0.25, 0.3) is 0 Å². The number of nitrogens with one attached hydrogen (secondary N) is 1. The number of benzene rings is 1. The van der Waals surface area contributed by atoms with Gasteiger partial charge >= 0.3 is 0 Å². The molecule has 1 aromatic carbocycles. The van der Waals surface area contributed by atoms with E-state index in [0.717, 1.165) is 16.6 Å². The molecular formula is C13H17N3OS. The zero-order valence-corrected chi connectivity index (χ0v) is 11.4. The van der Waals surface area contributed by atoms with Crippen LogP contribution in [0, 0.1) is 6.92 Å². The van der Waals surface area contributed by atoms with Crippen LogP contribution in [0.25, 0.3) is 10.2 Å². The number of anilines is 1. The van der Waals surface area contributed by atoms with Crippen LogP contribution in [0.5, 0.6) is 0 Å². The van der Waals surface area contributed by atoms with E-state index in [2.05, 4.69) is 16.4 Å². The van der Waals surface area contributed by atoms with Crippen LogP contribution in [0.1, 0.15) is 25.3 Å². The highest BCUT2D eigenvalue weighted by Gasteiger charge is 2.14. The first kappa shape index (κ1) is 13.0. The monoisotopic (exact) mass is 263 g/mol. The minimum absolute atomic E-state index is 0.160. The Labute approximate surface area is 110 Å². The molecule has 2 rings (SSSR count). The summed E-state index contributed by atoms with van der Waals surface area (Å²) in [6.07, 6.45) is 1.59. The number of aryl methyl sites for hydroxylation is 1. The van der Waals surface area contributed by atoms with Crippen LogP contribution >= 0.6 is 11.3 Å². The van der Waals surface area contributed by atoms with E-state index in [9.17, 15) is 4.79 Å². The third-order valence-corrected chi connectivity index (χ3v) is 3.64. The summed E-state index contributed by atoms with van der Waals surface area (Å²) in [6, 6.07) is 5.58. The molecule has 1 amide bonds. The summed E-state index contributed by atoms with van der Waals surface area (Å²) in [6.45, 7) is 4.04. The van der Waals surface area contributed by atoms with Gasteiger partial charge in [-0.05, 0) is 31.0 Å². The van der Waals surface area contributed by atoms with Gasteiger partial charge in [-0.15, -0.1) is 0 Å². The van der Waals surface area contributed by atoms with E-state index in [1.165, 1.54) is 16.9 Å². The van der Waals surface area contributed by atoms with Crippen LogP contribution < -0.4 is 11.1 Å². The number of thiazole rings is 1. The van der Waals surface area contributed by atoms with Crippen molar-refractivity contribution in [1.82, 2.24) is 4.98 Å². The van der Waals surface area contributed by atoms with E-state index in [-0.39, 0.29) is 5.91 Å². The minimum Gasteiger partial charge on any atom is -0.320 e. The second-order valence-electron chi connectivity index (χ2n) is 4.37. The van der Waals surface area contributed by atoms with Crippen molar-refractivity contribution in [2.45, 2.75) is 32.7 Å². The summed E-state index contributed by atoms with van der Waals surface area (Å²) in [5.41, 5.74) is 7.85. The Morgan fingerprint density at radius 1 is 1.56 bits per heavy atom. The third-order valence-electron chi connectivity index (χ3n) is 2.71. The molecule has 0 bridgehead atoms. The SMILES string of the molecule is CCCC(N)C(=O)Nc1nc2ccc(C)cc2s1. The quantitative estimate of drug-likeness (QED) is 0.891. The fourth-order valence-corrected chi connectivity index (χ4v) is 2.69. The van der Waals surface area contributed by atoms with Crippen molar-refractivity contribution in [1.29, 1.82) is 0 Å². The first-order valence-corrected chi connectivity index (χ1v) is 6.85. The minimum atomic E-state index is -0.455. The third kappa shape index (κ3) is 2.86. The molecule has 1 heterocycles. The number of fused-ring (bicyclic) bond motifs is 1. The Hall–Kier alpha value is -1.46. The van der Waals surface area contributed by atoms with Crippen LogP contribution in [-0.2, 0) is 4.79 Å². The van der Waals surface area contributed by atoms with Crippen LogP contribution in [0.3, 0.4) is 0 Å². The zero-order chi connectivity index (χ0) is 13.1. The molecule has 3 N–H and O–H groups in total. The molecule has 0 saturated heterocycles. The molecule has 0 aliphatic rings. The average Bonchev–Trinajstić information content (AvgIpc) is 2.70. The Balaban J connectivity index is 2.14. The highest BCUT2D eigenvalue weighted by Crippen LogP contribution is 2.26. The molecule has 0 spiro atoms. The fraction of sp³-hybridized carbons (Fsp3) is 0.385. The smallest absolute Gasteiger partial charge is 0.243 e. The normalized spacial score (nSPS) is 12.6. The molecule has 18 heavy (non-hydrogen) atoms. The van der Waals surface area contributed by atoms with E-state index < -0.39 is 6.04 Å². The predicted molar refractivity (Wildman–Crippen MR) is 75.9 cm³/mol. The fourth-order valence-electron chi connectivity index (χ4n) is 1.73. The molecule has 0 aliphatic carbocycles. The van der Waals surface area contributed by atoms with Crippen molar-refractivity contribution < 1.29 is 4.79 Å². The van der Waals surface area contributed by atoms with Gasteiger partial charge in [0.15, 0.2) is 5.13 Å². The standard InChI is InChI=1S/C13H17N3OS/c1-3-4-9(14)12(17)16-13-15-10-6-5-8(2)7-11(10)18-13/h5-7,9H,3-4,14H2,1-2H3,(H,15,16,17). The maximum absolute atomic E-state index is 11.8. The maximum atomic E-state index is 11.8. The number of carbonyl (C=O) groups is 1. The van der Waals surface area contributed by atoms with Gasteiger partial charge in [0.2, 0.25) is 5.91 Å². The summed E-state index contributed by atoms with van der Waals surface area (Å²) < 4.78 is 1.08. The van der Waals surface area contributed by atoms with Crippen LogP contribution in [0.15, 0.2) is 18.2 Å². The summed E-state index contributed by atoms with van der Waals surface area (Å²) in [5, 5.41) is 3.40. The highest BCUT2D eigenvalue weighted by atomic mass is 32.1. The second-order valence-corrected chi connectivity index (χ2v) is 5.41. The Morgan fingerprint density at radius 2 is 2.33 bits per heavy atom. The van der Waals surface area contributed by atoms with Crippen molar-refractivity contribution >= 4 is 32.6 Å². The lowest BCUT2D eigenvalue weighted by Gasteiger charge is -2.08. The number of carbonyl (C=O) groups excluding carboxylic acids is 1. The Kier molecular flexibility index (Phi) is 3.93. The molecule has 1 unspecified atom stereocenters. The van der Waals surface area contributed by atoms with Gasteiger partial charge in [-0.1, -0.05) is 30.7 Å². The predicted octanol–water partition coefficient (Wildman–Crippen LogP) is 2.67. The van der Waals surface area contributed by atoms with Crippen LogP contribution in [0.4, 0.5) is 5.13 Å². The molecule has 1 aromatic heterocycles. The topological polar surface area (TPSA) is 68.0 Å². The van der Waals surface area contributed by atoms with E-state index in [1.54, 1.807) is 0 Å². The van der Waals surface area contributed by atoms with Crippen molar-refractivity contribution in [3.8, 4) is 0 Å². The van der Waals surface area contributed by atoms with Gasteiger partial charge in [0, 0.05) is 0 Å². The molecule has 0 fully saturated rings. The maximum Gasteiger partial charge on any atom is 0.243 e. The lowest BCUT2D eigenvalue weighted by molar-refractivity contribution is -0.117. The van der Waals surface area contributed by atoms with Crippen molar-refractivity contribution in [3.63, 3.8) is 0 Å². The number of hydrogen-bond acceptors (Lipinski definition) is 4. The molecule has 0 aliphatic heterocycles. The summed E-state index contributed by atoms with van der Waals surface area (Å²) in [4.78, 5) is 16.1. The molecule has 2 aromatic rings. The van der Waals surface area contributed by atoms with Gasteiger partial charge in [0.1, 0.15) is 0 Å². The molecule has 0 radical (unpaired) electrons. The molecule has 5 heteroatoms. The summed E-state index contributed by atoms with van der Waals surface area (Å²) in [7, 11) is 0. The lowest BCUT2D eigenvalue weighted by atomic mass is 10.2. The number of rotatable bonds is 4. The summed E-state index contributed by atoms with van der Waals surface area (Å²) in [5.74, 6) is -0.160. The molecule has 0 saturated carbocycles. The van der Waals surface area contributed by atoms with Gasteiger partial charge in [-0.3, -0.25) is 4.79 Å². The van der Waals surface area contributed by atoms with Crippen LogP contribution in [-0.4, -0.2) is 16.9 Å². The number of hydrogen-bond donors (Lipinski definition) is 2. The van der Waals surface area contributed by atoms with Crippen molar-refractivity contribution in [2.24, 2.45) is 5.73 Å². The summed E-state index contributed by atoms with van der Waals surface area (Å²) >= 11 is 1.48. The van der Waals surface area contributed by atoms with Gasteiger partial charge in [-0.2, -0.15) is 0 Å². The van der Waals surface area contributed by atoms with Gasteiger partial charge in [0.05, 0.1) is 16.3 Å². The molecule has 96 valence electrons. The Bertz CT molecular complexity index is 564. The number of amides is 1. The largest absolute Gasteiger partial charge is 0.320 e. The number of aromatic nitrogens is 1. The van der Waals surface area contributed by atoms with Gasteiger partial charge in [-0.25, -0.2) is 4.98 Å². The van der Waals surface area contributed by atoms with E-state index in [0.29, 0.717) is 11.6 Å². The first-order valence-electron chi connectivity index (χ1n) is 6.03. The lowest BCUT2D eigenvalue weighted by Crippen LogP contribution is -2.35. The first-order chi connectivity index (χ1) is 8.60. The molecule has 4 nitrogen and oxygen atoms in total. The molecular weight excluding hydrogens is 246 g/mol. The van der Waals surface area contributed by atoms with E-state index in [4.69, 9.17) is 5.73 Å². The highest BCUT2D eigenvalue weighted by molar-refractivity contribution is 7.22. The molecule has 1 atom stereocenters. The van der Waals surface area contributed by atoms with Crippen molar-refractivity contribution in [3.05, 3.63) is 23.8 Å². The second kappa shape index (κ2) is 5.46. The van der Waals surface area contributed by atoms with Gasteiger partial charge < -0.3 is 11.1 Å². The van der Waals surface area contributed by atoms with Crippen LogP contribution in [0.2, 0.25) is 0 Å². The van der Waals surface area contributed by atoms with E-state index in [1.807, 2.05) is 26.0 Å². The van der Waals surface area contributed by atoms with E-state index >= 15 is 0 Å². The zero-order valence-electron chi connectivity index (χ0n) is 10.6.